The Morgan fingerprint density at radius 3 is 2.57 bits per heavy atom. The maximum absolute atomic E-state index is 13.7. The van der Waals surface area contributed by atoms with E-state index in [1.165, 1.54) is 18.2 Å². The summed E-state index contributed by atoms with van der Waals surface area (Å²) in [5.74, 6) is -2.19. The summed E-state index contributed by atoms with van der Waals surface area (Å²) in [6.07, 6.45) is 2.17. The van der Waals surface area contributed by atoms with Crippen LogP contribution in [0.4, 0.5) is 4.39 Å². The van der Waals surface area contributed by atoms with Crippen LogP contribution in [-0.4, -0.2) is 29.1 Å². The molecule has 0 aliphatic heterocycles. The first-order valence-electron chi connectivity index (χ1n) is 6.32. The van der Waals surface area contributed by atoms with Gasteiger partial charge in [0.15, 0.2) is 18.2 Å². The van der Waals surface area contributed by atoms with Crippen LogP contribution in [0.3, 0.4) is 0 Å². The minimum absolute atomic E-state index is 0.0634. The maximum atomic E-state index is 13.7. The highest BCUT2D eigenvalue weighted by molar-refractivity contribution is 5.85. The van der Waals surface area contributed by atoms with Gasteiger partial charge in [0.1, 0.15) is 0 Å². The van der Waals surface area contributed by atoms with Crippen LogP contribution < -0.4 is 10.1 Å². The number of carbonyl (C=O) groups is 2. The molecular weight excluding hydrogens is 277 g/mol. The summed E-state index contributed by atoms with van der Waals surface area (Å²) in [7, 11) is 0. The largest absolute Gasteiger partial charge is 0.481 e. The molecule has 1 aromatic rings. The van der Waals surface area contributed by atoms with Crippen LogP contribution in [0.15, 0.2) is 24.3 Å². The smallest absolute Gasteiger partial charge is 0.328 e. The maximum Gasteiger partial charge on any atom is 0.328 e. The van der Waals surface area contributed by atoms with Crippen molar-refractivity contribution in [3.8, 4) is 5.75 Å². The van der Waals surface area contributed by atoms with Crippen molar-refractivity contribution < 1.29 is 23.8 Å². The van der Waals surface area contributed by atoms with E-state index in [9.17, 15) is 14.0 Å². The number of hydrogen-bond acceptors (Lipinski definition) is 3. The van der Waals surface area contributed by atoms with Gasteiger partial charge < -0.3 is 15.2 Å². The molecule has 5 nitrogen and oxygen atoms in total. The lowest BCUT2D eigenvalue weighted by atomic mass is 10.1. The number of aliphatic carboxylic acids is 1. The van der Waals surface area contributed by atoms with Crippen LogP contribution in [0, 0.1) is 5.82 Å². The molecule has 1 rings (SSSR count). The van der Waals surface area contributed by atoms with E-state index in [-0.39, 0.29) is 23.8 Å². The van der Waals surface area contributed by atoms with Crippen molar-refractivity contribution in [3.05, 3.63) is 35.7 Å². The van der Waals surface area contributed by atoms with Gasteiger partial charge in [-0.1, -0.05) is 6.07 Å². The Bertz CT molecular complexity index is 561. The summed E-state index contributed by atoms with van der Waals surface area (Å²) < 4.78 is 18.8. The van der Waals surface area contributed by atoms with Gasteiger partial charge in [-0.05, 0) is 44.5 Å². The van der Waals surface area contributed by atoms with Gasteiger partial charge in [-0.2, -0.15) is 0 Å². The molecule has 0 saturated carbocycles. The molecule has 0 radical (unpaired) electrons. The van der Waals surface area contributed by atoms with Gasteiger partial charge in [0, 0.05) is 11.6 Å². The van der Waals surface area contributed by atoms with E-state index in [4.69, 9.17) is 9.84 Å². The molecule has 6 heteroatoms. The van der Waals surface area contributed by atoms with Crippen molar-refractivity contribution in [1.29, 1.82) is 0 Å². The second kappa shape index (κ2) is 6.88. The SMILES string of the molecule is CC(C)(C)NC(=O)COc1ccc(/C=C/C(=O)O)cc1F. The molecule has 1 amide bonds. The quantitative estimate of drug-likeness (QED) is 0.817. The predicted molar refractivity (Wildman–Crippen MR) is 76.5 cm³/mol. The third kappa shape index (κ3) is 6.56. The monoisotopic (exact) mass is 295 g/mol. The lowest BCUT2D eigenvalue weighted by Crippen LogP contribution is -2.43. The van der Waals surface area contributed by atoms with E-state index < -0.39 is 11.8 Å². The minimum atomic E-state index is -1.12. The third-order valence-electron chi connectivity index (χ3n) is 2.25. The highest BCUT2D eigenvalue weighted by Crippen LogP contribution is 2.19. The topological polar surface area (TPSA) is 75.6 Å². The Kier molecular flexibility index (Phi) is 5.46. The first-order valence-corrected chi connectivity index (χ1v) is 6.32. The normalized spacial score (nSPS) is 11.4. The Morgan fingerprint density at radius 2 is 2.05 bits per heavy atom. The number of benzene rings is 1. The summed E-state index contributed by atoms with van der Waals surface area (Å²) in [6, 6.07) is 3.98. The molecule has 0 aliphatic rings. The van der Waals surface area contributed by atoms with Crippen molar-refractivity contribution in [2.75, 3.05) is 6.61 Å². The number of carboxylic acids is 1. The van der Waals surface area contributed by atoms with Gasteiger partial charge in [0.05, 0.1) is 0 Å². The minimum Gasteiger partial charge on any atom is -0.481 e. The standard InChI is InChI=1S/C15H18FNO4/c1-15(2,3)17-13(18)9-21-12-6-4-10(8-11(12)16)5-7-14(19)20/h4-8H,9H2,1-3H3,(H,17,18)(H,19,20)/b7-5+. The zero-order valence-corrected chi connectivity index (χ0v) is 12.1. The number of halogens is 1. The molecule has 0 atom stereocenters. The van der Waals surface area contributed by atoms with E-state index in [2.05, 4.69) is 5.32 Å². The van der Waals surface area contributed by atoms with Crippen molar-refractivity contribution in [3.63, 3.8) is 0 Å². The summed E-state index contributed by atoms with van der Waals surface area (Å²) in [5, 5.41) is 11.2. The summed E-state index contributed by atoms with van der Waals surface area (Å²) in [4.78, 5) is 21.9. The van der Waals surface area contributed by atoms with Crippen molar-refractivity contribution in [2.24, 2.45) is 0 Å². The molecule has 0 spiro atoms. The van der Waals surface area contributed by atoms with Crippen LogP contribution in [0.25, 0.3) is 6.08 Å². The molecule has 0 aliphatic carbocycles. The van der Waals surface area contributed by atoms with E-state index in [0.717, 1.165) is 12.1 Å². The second-order valence-corrected chi connectivity index (χ2v) is 5.45. The van der Waals surface area contributed by atoms with Gasteiger partial charge in [0.2, 0.25) is 0 Å². The molecule has 0 saturated heterocycles. The first-order chi connectivity index (χ1) is 9.67. The lowest BCUT2D eigenvalue weighted by molar-refractivity contribution is -0.131. The molecule has 0 fully saturated rings. The van der Waals surface area contributed by atoms with Crippen LogP contribution in [0.5, 0.6) is 5.75 Å². The molecule has 21 heavy (non-hydrogen) atoms. The summed E-state index contributed by atoms with van der Waals surface area (Å²) >= 11 is 0. The molecule has 0 unspecified atom stereocenters. The Morgan fingerprint density at radius 1 is 1.38 bits per heavy atom. The van der Waals surface area contributed by atoms with Gasteiger partial charge >= 0.3 is 5.97 Å². The molecular formula is C15H18FNO4. The fourth-order valence-electron chi connectivity index (χ4n) is 1.50. The van der Waals surface area contributed by atoms with Gasteiger partial charge in [-0.25, -0.2) is 9.18 Å². The first kappa shape index (κ1) is 16.7. The van der Waals surface area contributed by atoms with Crippen LogP contribution in [0.2, 0.25) is 0 Å². The molecule has 0 bridgehead atoms. The van der Waals surface area contributed by atoms with Crippen LogP contribution in [0.1, 0.15) is 26.3 Å². The number of carbonyl (C=O) groups excluding carboxylic acids is 1. The average Bonchev–Trinajstić information content (AvgIpc) is 2.33. The highest BCUT2D eigenvalue weighted by Gasteiger charge is 2.14. The molecule has 0 heterocycles. The van der Waals surface area contributed by atoms with Crippen molar-refractivity contribution >= 4 is 18.0 Å². The molecule has 2 N–H and O–H groups in total. The number of rotatable bonds is 5. The van der Waals surface area contributed by atoms with Crippen molar-refractivity contribution in [1.82, 2.24) is 5.32 Å². The molecule has 1 aromatic carbocycles. The number of nitrogens with one attached hydrogen (secondary N) is 1. The lowest BCUT2D eigenvalue weighted by Gasteiger charge is -2.20. The van der Waals surface area contributed by atoms with Gasteiger partial charge in [-0.3, -0.25) is 4.79 Å². The summed E-state index contributed by atoms with van der Waals surface area (Å²) in [5.41, 5.74) is 0.00573. The fraction of sp³-hybridized carbons (Fsp3) is 0.333. The molecule has 0 aromatic heterocycles. The third-order valence-corrected chi connectivity index (χ3v) is 2.25. The number of carboxylic acid groups (broad SMARTS) is 1. The van der Waals surface area contributed by atoms with Crippen LogP contribution >= 0.6 is 0 Å². The predicted octanol–water partition coefficient (Wildman–Crippen LogP) is 2.22. The van der Waals surface area contributed by atoms with E-state index >= 15 is 0 Å². The van der Waals surface area contributed by atoms with E-state index in [1.54, 1.807) is 0 Å². The van der Waals surface area contributed by atoms with Gasteiger partial charge in [-0.15, -0.1) is 0 Å². The van der Waals surface area contributed by atoms with Crippen molar-refractivity contribution in [2.45, 2.75) is 26.3 Å². The van der Waals surface area contributed by atoms with E-state index in [1.807, 2.05) is 20.8 Å². The Labute approximate surface area is 122 Å². The number of hydrogen-bond donors (Lipinski definition) is 2. The summed E-state index contributed by atoms with van der Waals surface area (Å²) in [6.45, 7) is 5.19. The molecule has 114 valence electrons. The number of ether oxygens (including phenoxy) is 1. The second-order valence-electron chi connectivity index (χ2n) is 5.45. The fourth-order valence-corrected chi connectivity index (χ4v) is 1.50. The van der Waals surface area contributed by atoms with Crippen LogP contribution in [-0.2, 0) is 9.59 Å². The Hall–Kier alpha value is -2.37. The van der Waals surface area contributed by atoms with E-state index in [0.29, 0.717) is 5.56 Å². The van der Waals surface area contributed by atoms with Gasteiger partial charge in [0.25, 0.3) is 5.91 Å². The highest BCUT2D eigenvalue weighted by atomic mass is 19.1. The zero-order valence-electron chi connectivity index (χ0n) is 12.1. The Balaban J connectivity index is 2.65. The zero-order chi connectivity index (χ0) is 16.0. The number of amides is 1. The average molecular weight is 295 g/mol.